The van der Waals surface area contributed by atoms with Crippen molar-refractivity contribution < 1.29 is 8.42 Å². The van der Waals surface area contributed by atoms with E-state index in [-0.39, 0.29) is 4.90 Å². The Kier molecular flexibility index (Phi) is 6.01. The lowest BCUT2D eigenvalue weighted by Gasteiger charge is -2.33. The van der Waals surface area contributed by atoms with Gasteiger partial charge in [0, 0.05) is 26.7 Å². The minimum atomic E-state index is -3.41. The van der Waals surface area contributed by atoms with Crippen LogP contribution in [0.15, 0.2) is 34.2 Å². The SMILES string of the molecule is CN=C(NCc1cccc(S(=O)(=O)NC)c1)N1CCCC(C)C1. The van der Waals surface area contributed by atoms with Crippen molar-refractivity contribution in [3.05, 3.63) is 29.8 Å². The van der Waals surface area contributed by atoms with Gasteiger partial charge in [-0.15, -0.1) is 0 Å². The second-order valence-corrected chi connectivity index (χ2v) is 7.84. The van der Waals surface area contributed by atoms with E-state index in [0.29, 0.717) is 12.5 Å². The van der Waals surface area contributed by atoms with E-state index in [2.05, 4.69) is 26.9 Å². The van der Waals surface area contributed by atoms with Crippen LogP contribution in [0, 0.1) is 5.92 Å². The third-order valence-corrected chi connectivity index (χ3v) is 5.51. The smallest absolute Gasteiger partial charge is 0.240 e. The van der Waals surface area contributed by atoms with Crippen LogP contribution in [0.3, 0.4) is 0 Å². The number of sulfonamides is 1. The molecule has 0 amide bonds. The van der Waals surface area contributed by atoms with E-state index in [1.54, 1.807) is 25.2 Å². The van der Waals surface area contributed by atoms with E-state index in [4.69, 9.17) is 0 Å². The molecule has 128 valence electrons. The number of nitrogens with zero attached hydrogens (tertiary/aromatic N) is 2. The third-order valence-electron chi connectivity index (χ3n) is 4.10. The second kappa shape index (κ2) is 7.79. The van der Waals surface area contributed by atoms with Crippen molar-refractivity contribution in [1.82, 2.24) is 14.9 Å². The third kappa shape index (κ3) is 4.68. The fourth-order valence-corrected chi connectivity index (χ4v) is 3.64. The highest BCUT2D eigenvalue weighted by molar-refractivity contribution is 7.89. The van der Waals surface area contributed by atoms with Gasteiger partial charge in [-0.25, -0.2) is 13.1 Å². The number of likely N-dealkylation sites (tertiary alicyclic amines) is 1. The average molecular weight is 338 g/mol. The Morgan fingerprint density at radius 1 is 1.43 bits per heavy atom. The summed E-state index contributed by atoms with van der Waals surface area (Å²) in [5.41, 5.74) is 0.910. The quantitative estimate of drug-likeness (QED) is 0.643. The van der Waals surface area contributed by atoms with Gasteiger partial charge in [0.25, 0.3) is 0 Å². The van der Waals surface area contributed by atoms with E-state index in [1.165, 1.54) is 19.9 Å². The molecule has 2 rings (SSSR count). The normalized spacial score (nSPS) is 19.7. The van der Waals surface area contributed by atoms with Crippen LogP contribution < -0.4 is 10.0 Å². The van der Waals surface area contributed by atoms with Crippen LogP contribution in [0.5, 0.6) is 0 Å². The molecule has 1 aliphatic rings. The zero-order valence-electron chi connectivity index (χ0n) is 14.0. The fourth-order valence-electron chi connectivity index (χ4n) is 2.84. The lowest BCUT2D eigenvalue weighted by Crippen LogP contribution is -2.45. The molecule has 2 N–H and O–H groups in total. The first kappa shape index (κ1) is 17.7. The molecule has 1 aromatic carbocycles. The monoisotopic (exact) mass is 338 g/mol. The van der Waals surface area contributed by atoms with Gasteiger partial charge in [-0.2, -0.15) is 0 Å². The molecule has 6 nitrogen and oxygen atoms in total. The number of guanidine groups is 1. The maximum absolute atomic E-state index is 11.9. The van der Waals surface area contributed by atoms with Crippen LogP contribution in [0.4, 0.5) is 0 Å². The molecule has 0 spiro atoms. The highest BCUT2D eigenvalue weighted by atomic mass is 32.2. The maximum Gasteiger partial charge on any atom is 0.240 e. The molecule has 1 unspecified atom stereocenters. The summed E-state index contributed by atoms with van der Waals surface area (Å²) in [6.45, 7) is 4.82. The van der Waals surface area contributed by atoms with Gasteiger partial charge in [-0.3, -0.25) is 4.99 Å². The Labute approximate surface area is 139 Å². The number of rotatable bonds is 4. The van der Waals surface area contributed by atoms with Crippen LogP contribution in [-0.4, -0.2) is 46.5 Å². The highest BCUT2D eigenvalue weighted by Gasteiger charge is 2.19. The fraction of sp³-hybridized carbons (Fsp3) is 0.562. The maximum atomic E-state index is 11.9. The molecule has 0 aliphatic carbocycles. The van der Waals surface area contributed by atoms with Crippen LogP contribution in [0.25, 0.3) is 0 Å². The number of benzene rings is 1. The Bertz CT molecular complexity index is 658. The van der Waals surface area contributed by atoms with E-state index in [1.807, 2.05) is 6.07 Å². The molecule has 1 fully saturated rings. The van der Waals surface area contributed by atoms with Gasteiger partial charge in [0.1, 0.15) is 0 Å². The molecule has 0 radical (unpaired) electrons. The largest absolute Gasteiger partial charge is 0.352 e. The summed E-state index contributed by atoms with van der Waals surface area (Å²) in [6, 6.07) is 6.95. The van der Waals surface area contributed by atoms with Crippen molar-refractivity contribution in [1.29, 1.82) is 0 Å². The number of hydrogen-bond donors (Lipinski definition) is 2. The summed E-state index contributed by atoms with van der Waals surface area (Å²) in [5, 5.41) is 3.33. The van der Waals surface area contributed by atoms with Gasteiger partial charge in [0.15, 0.2) is 5.96 Å². The van der Waals surface area contributed by atoms with Crippen LogP contribution >= 0.6 is 0 Å². The topological polar surface area (TPSA) is 73.8 Å². The van der Waals surface area contributed by atoms with Crippen molar-refractivity contribution in [2.24, 2.45) is 10.9 Å². The molecule has 0 aromatic heterocycles. The molecule has 0 bridgehead atoms. The average Bonchev–Trinajstić information content (AvgIpc) is 2.56. The Morgan fingerprint density at radius 2 is 2.22 bits per heavy atom. The molecule has 1 saturated heterocycles. The summed E-state index contributed by atoms with van der Waals surface area (Å²) in [6.07, 6.45) is 2.44. The molecule has 1 aromatic rings. The van der Waals surface area contributed by atoms with E-state index < -0.39 is 10.0 Å². The van der Waals surface area contributed by atoms with Gasteiger partial charge in [0.2, 0.25) is 10.0 Å². The summed E-state index contributed by atoms with van der Waals surface area (Å²) >= 11 is 0. The van der Waals surface area contributed by atoms with Gasteiger partial charge in [-0.05, 0) is 43.5 Å². The Hall–Kier alpha value is -1.60. The Balaban J connectivity index is 2.03. The number of hydrogen-bond acceptors (Lipinski definition) is 3. The van der Waals surface area contributed by atoms with Gasteiger partial charge < -0.3 is 10.2 Å². The molecular weight excluding hydrogens is 312 g/mol. The molecule has 0 saturated carbocycles. The first-order chi connectivity index (χ1) is 11.0. The minimum absolute atomic E-state index is 0.279. The molecule has 7 heteroatoms. The standard InChI is InChI=1S/C16H26N4O2S/c1-13-6-5-9-20(12-13)16(17-2)19-11-14-7-4-8-15(10-14)23(21,22)18-3/h4,7-8,10,13,18H,5-6,9,11-12H2,1-3H3,(H,17,19). The molecule has 1 aliphatic heterocycles. The van der Waals surface area contributed by atoms with Crippen molar-refractivity contribution in [3.8, 4) is 0 Å². The predicted octanol–water partition coefficient (Wildman–Crippen LogP) is 1.40. The highest BCUT2D eigenvalue weighted by Crippen LogP contribution is 2.16. The van der Waals surface area contributed by atoms with Crippen molar-refractivity contribution in [3.63, 3.8) is 0 Å². The number of piperidine rings is 1. The molecule has 1 heterocycles. The van der Waals surface area contributed by atoms with Crippen molar-refractivity contribution >= 4 is 16.0 Å². The first-order valence-electron chi connectivity index (χ1n) is 7.94. The van der Waals surface area contributed by atoms with E-state index in [9.17, 15) is 8.42 Å². The molecule has 1 atom stereocenters. The van der Waals surface area contributed by atoms with Crippen LogP contribution in [0.1, 0.15) is 25.3 Å². The predicted molar refractivity (Wildman–Crippen MR) is 92.9 cm³/mol. The van der Waals surface area contributed by atoms with Gasteiger partial charge in [0.05, 0.1) is 4.90 Å². The van der Waals surface area contributed by atoms with E-state index >= 15 is 0 Å². The van der Waals surface area contributed by atoms with Gasteiger partial charge >= 0.3 is 0 Å². The van der Waals surface area contributed by atoms with E-state index in [0.717, 1.165) is 24.6 Å². The van der Waals surface area contributed by atoms with Crippen LogP contribution in [-0.2, 0) is 16.6 Å². The zero-order chi connectivity index (χ0) is 16.9. The van der Waals surface area contributed by atoms with Crippen LogP contribution in [0.2, 0.25) is 0 Å². The Morgan fingerprint density at radius 3 is 2.87 bits per heavy atom. The minimum Gasteiger partial charge on any atom is -0.352 e. The van der Waals surface area contributed by atoms with Gasteiger partial charge in [-0.1, -0.05) is 19.1 Å². The lowest BCUT2D eigenvalue weighted by molar-refractivity contribution is 0.266. The molecule has 23 heavy (non-hydrogen) atoms. The van der Waals surface area contributed by atoms with Crippen molar-refractivity contribution in [2.45, 2.75) is 31.2 Å². The lowest BCUT2D eigenvalue weighted by atomic mass is 10.0. The summed E-state index contributed by atoms with van der Waals surface area (Å²) < 4.78 is 26.1. The second-order valence-electron chi connectivity index (χ2n) is 5.95. The number of aliphatic imine (C=N–C) groups is 1. The first-order valence-corrected chi connectivity index (χ1v) is 9.42. The summed E-state index contributed by atoms with van der Waals surface area (Å²) in [5.74, 6) is 1.55. The zero-order valence-corrected chi connectivity index (χ0v) is 14.9. The number of nitrogens with one attached hydrogen (secondary N) is 2. The van der Waals surface area contributed by atoms with Crippen molar-refractivity contribution in [2.75, 3.05) is 27.2 Å². The summed E-state index contributed by atoms with van der Waals surface area (Å²) in [4.78, 5) is 6.89. The summed E-state index contributed by atoms with van der Waals surface area (Å²) in [7, 11) is -0.213. The molecular formula is C16H26N4O2S.